The van der Waals surface area contributed by atoms with Crippen LogP contribution in [-0.4, -0.2) is 19.2 Å². The van der Waals surface area contributed by atoms with E-state index in [2.05, 4.69) is 5.10 Å². The standard InChI is InChI=1S/C14H11FN4OS/c15-12-9(2-1-3-10(12)13(16)21)8-18-6-7-19-11(14(18)20)4-5-17-19/h1-7H,8H2,(H2,16,21). The third kappa shape index (κ3) is 2.31. The Bertz CT molecular complexity index is 899. The molecule has 2 heterocycles. The number of thiocarbonyl (C=S) groups is 1. The Morgan fingerprint density at radius 2 is 2.14 bits per heavy atom. The van der Waals surface area contributed by atoms with Crippen molar-refractivity contribution in [3.63, 3.8) is 0 Å². The third-order valence-electron chi connectivity index (χ3n) is 3.22. The fraction of sp³-hybridized carbons (Fsp3) is 0.0714. The van der Waals surface area contributed by atoms with Crippen LogP contribution in [0.4, 0.5) is 4.39 Å². The number of nitrogens with two attached hydrogens (primary N) is 1. The average molecular weight is 302 g/mol. The molecule has 0 aliphatic rings. The van der Waals surface area contributed by atoms with Crippen LogP contribution in [0.15, 0.2) is 47.7 Å². The number of halogens is 1. The molecule has 1 aromatic carbocycles. The van der Waals surface area contributed by atoms with Gasteiger partial charge in [-0.05, 0) is 12.1 Å². The first-order valence-corrected chi connectivity index (χ1v) is 6.59. The molecule has 0 saturated heterocycles. The van der Waals surface area contributed by atoms with Crippen molar-refractivity contribution in [2.45, 2.75) is 6.54 Å². The minimum atomic E-state index is -0.495. The second kappa shape index (κ2) is 5.10. The van der Waals surface area contributed by atoms with E-state index in [1.54, 1.807) is 30.6 Å². The Kier molecular flexibility index (Phi) is 3.26. The molecule has 2 N–H and O–H groups in total. The Morgan fingerprint density at radius 3 is 2.90 bits per heavy atom. The zero-order chi connectivity index (χ0) is 15.0. The van der Waals surface area contributed by atoms with E-state index in [0.717, 1.165) is 0 Å². The van der Waals surface area contributed by atoms with Crippen LogP contribution >= 0.6 is 12.2 Å². The number of aromatic nitrogens is 3. The van der Waals surface area contributed by atoms with Crippen LogP contribution in [-0.2, 0) is 6.54 Å². The molecule has 0 saturated carbocycles. The Balaban J connectivity index is 2.07. The van der Waals surface area contributed by atoms with Crippen molar-refractivity contribution in [3.05, 3.63) is 70.2 Å². The molecule has 0 bridgehead atoms. The van der Waals surface area contributed by atoms with Gasteiger partial charge in [-0.25, -0.2) is 8.91 Å². The fourth-order valence-electron chi connectivity index (χ4n) is 2.16. The van der Waals surface area contributed by atoms with Gasteiger partial charge in [0.1, 0.15) is 16.3 Å². The van der Waals surface area contributed by atoms with Crippen LogP contribution < -0.4 is 11.3 Å². The molecule has 0 amide bonds. The van der Waals surface area contributed by atoms with Crippen LogP contribution in [0.2, 0.25) is 0 Å². The average Bonchev–Trinajstić information content (AvgIpc) is 2.93. The lowest BCUT2D eigenvalue weighted by atomic mass is 10.1. The summed E-state index contributed by atoms with van der Waals surface area (Å²) in [5, 5.41) is 3.98. The van der Waals surface area contributed by atoms with Gasteiger partial charge in [0.05, 0.1) is 12.7 Å². The number of nitrogens with zero attached hydrogens (tertiary/aromatic N) is 3. The van der Waals surface area contributed by atoms with Crippen molar-refractivity contribution in [2.75, 3.05) is 0 Å². The van der Waals surface area contributed by atoms with E-state index in [1.165, 1.54) is 21.3 Å². The quantitative estimate of drug-likeness (QED) is 0.741. The molecule has 3 rings (SSSR count). The fourth-order valence-corrected chi connectivity index (χ4v) is 2.32. The van der Waals surface area contributed by atoms with Crippen molar-refractivity contribution in [3.8, 4) is 0 Å². The molecular formula is C14H11FN4OS. The molecule has 3 aromatic rings. The van der Waals surface area contributed by atoms with E-state index in [1.807, 2.05) is 0 Å². The highest BCUT2D eigenvalue weighted by Gasteiger charge is 2.11. The van der Waals surface area contributed by atoms with Gasteiger partial charge in [-0.1, -0.05) is 24.4 Å². The lowest BCUT2D eigenvalue weighted by Crippen LogP contribution is -2.23. The molecule has 0 aliphatic carbocycles. The summed E-state index contributed by atoms with van der Waals surface area (Å²) >= 11 is 4.81. The topological polar surface area (TPSA) is 65.3 Å². The molecule has 0 spiro atoms. The summed E-state index contributed by atoms with van der Waals surface area (Å²) in [5.74, 6) is -0.495. The van der Waals surface area contributed by atoms with Crippen LogP contribution in [0.25, 0.3) is 5.52 Å². The first-order chi connectivity index (χ1) is 10.1. The van der Waals surface area contributed by atoms with Gasteiger partial charge in [0.2, 0.25) is 0 Å². The van der Waals surface area contributed by atoms with Gasteiger partial charge in [-0.15, -0.1) is 0 Å². The minimum absolute atomic E-state index is 0.00654. The van der Waals surface area contributed by atoms with Crippen molar-refractivity contribution in [1.29, 1.82) is 0 Å². The summed E-state index contributed by atoms with van der Waals surface area (Å²) in [7, 11) is 0. The van der Waals surface area contributed by atoms with Gasteiger partial charge < -0.3 is 10.3 Å². The molecular weight excluding hydrogens is 291 g/mol. The van der Waals surface area contributed by atoms with E-state index in [0.29, 0.717) is 11.1 Å². The Labute approximate surface area is 124 Å². The number of fused-ring (bicyclic) bond motifs is 1. The summed E-state index contributed by atoms with van der Waals surface area (Å²) < 4.78 is 17.2. The van der Waals surface area contributed by atoms with E-state index >= 15 is 0 Å². The van der Waals surface area contributed by atoms with E-state index in [4.69, 9.17) is 18.0 Å². The molecule has 21 heavy (non-hydrogen) atoms. The monoisotopic (exact) mass is 302 g/mol. The number of benzene rings is 1. The van der Waals surface area contributed by atoms with Crippen LogP contribution in [0, 0.1) is 5.82 Å². The maximum absolute atomic E-state index is 14.3. The molecule has 0 unspecified atom stereocenters. The minimum Gasteiger partial charge on any atom is -0.389 e. The molecule has 106 valence electrons. The summed E-state index contributed by atoms with van der Waals surface area (Å²) in [4.78, 5) is 12.2. The highest BCUT2D eigenvalue weighted by molar-refractivity contribution is 7.80. The molecule has 2 aromatic heterocycles. The van der Waals surface area contributed by atoms with Crippen LogP contribution in [0.3, 0.4) is 0 Å². The van der Waals surface area contributed by atoms with Crippen molar-refractivity contribution < 1.29 is 4.39 Å². The van der Waals surface area contributed by atoms with E-state index < -0.39 is 5.82 Å². The molecule has 0 aliphatic heterocycles. The summed E-state index contributed by atoms with van der Waals surface area (Å²) in [6, 6.07) is 6.39. The van der Waals surface area contributed by atoms with Crippen molar-refractivity contribution in [1.82, 2.24) is 14.2 Å². The van der Waals surface area contributed by atoms with Gasteiger partial charge in [-0.2, -0.15) is 5.10 Å². The van der Waals surface area contributed by atoms with E-state index in [9.17, 15) is 9.18 Å². The molecule has 0 atom stereocenters. The first kappa shape index (κ1) is 13.4. The van der Waals surface area contributed by atoms with Crippen molar-refractivity contribution >= 4 is 22.7 Å². The SMILES string of the molecule is NC(=S)c1cccc(Cn2ccn3nccc3c2=O)c1F. The van der Waals surface area contributed by atoms with Crippen LogP contribution in [0.5, 0.6) is 0 Å². The summed E-state index contributed by atoms with van der Waals surface area (Å²) in [6.45, 7) is 0.100. The van der Waals surface area contributed by atoms with Crippen LogP contribution in [0.1, 0.15) is 11.1 Å². The van der Waals surface area contributed by atoms with Gasteiger partial charge >= 0.3 is 0 Å². The lowest BCUT2D eigenvalue weighted by Gasteiger charge is -2.09. The molecule has 7 heteroatoms. The Hall–Kier alpha value is -2.54. The first-order valence-electron chi connectivity index (χ1n) is 6.18. The predicted molar refractivity (Wildman–Crippen MR) is 80.8 cm³/mol. The summed E-state index contributed by atoms with van der Waals surface area (Å²) in [6.07, 6.45) is 4.75. The highest BCUT2D eigenvalue weighted by atomic mass is 32.1. The molecule has 0 radical (unpaired) electrons. The zero-order valence-electron chi connectivity index (χ0n) is 10.9. The number of hydrogen-bond acceptors (Lipinski definition) is 3. The highest BCUT2D eigenvalue weighted by Crippen LogP contribution is 2.14. The second-order valence-corrected chi connectivity index (χ2v) is 4.97. The molecule has 5 nitrogen and oxygen atoms in total. The van der Waals surface area contributed by atoms with Gasteiger partial charge in [-0.3, -0.25) is 4.79 Å². The number of hydrogen-bond donors (Lipinski definition) is 1. The smallest absolute Gasteiger partial charge is 0.276 e. The van der Waals surface area contributed by atoms with E-state index in [-0.39, 0.29) is 22.7 Å². The maximum Gasteiger partial charge on any atom is 0.276 e. The number of rotatable bonds is 3. The summed E-state index contributed by atoms with van der Waals surface area (Å²) in [5.41, 5.74) is 6.21. The van der Waals surface area contributed by atoms with Crippen molar-refractivity contribution in [2.24, 2.45) is 5.73 Å². The largest absolute Gasteiger partial charge is 0.389 e. The maximum atomic E-state index is 14.3. The molecule has 0 fully saturated rings. The van der Waals surface area contributed by atoms with Gasteiger partial charge in [0, 0.05) is 23.5 Å². The van der Waals surface area contributed by atoms with Gasteiger partial charge in [0.15, 0.2) is 0 Å². The zero-order valence-corrected chi connectivity index (χ0v) is 11.7. The lowest BCUT2D eigenvalue weighted by molar-refractivity contribution is 0.593. The normalized spacial score (nSPS) is 10.9. The predicted octanol–water partition coefficient (Wildman–Crippen LogP) is 1.32. The third-order valence-corrected chi connectivity index (χ3v) is 3.44. The van der Waals surface area contributed by atoms with Gasteiger partial charge in [0.25, 0.3) is 5.56 Å². The Morgan fingerprint density at radius 1 is 1.33 bits per heavy atom. The second-order valence-electron chi connectivity index (χ2n) is 4.54.